The fourth-order valence-electron chi connectivity index (χ4n) is 2.96. The van der Waals surface area contributed by atoms with Gasteiger partial charge < -0.3 is 10.1 Å². The van der Waals surface area contributed by atoms with Gasteiger partial charge in [0.05, 0.1) is 5.60 Å². The lowest BCUT2D eigenvalue weighted by molar-refractivity contribution is -0.0591. The lowest BCUT2D eigenvalue weighted by Crippen LogP contribution is -2.53. The number of nitrogens with one attached hydrogen (secondary N) is 1. The fraction of sp³-hybridized carbons (Fsp3) is 1.00. The van der Waals surface area contributed by atoms with Gasteiger partial charge in [0, 0.05) is 26.2 Å². The van der Waals surface area contributed by atoms with Gasteiger partial charge in [-0.15, -0.1) is 0 Å². The van der Waals surface area contributed by atoms with Gasteiger partial charge in [-0.2, -0.15) is 0 Å². The Hall–Kier alpha value is -0.120. The number of hydrogen-bond donors (Lipinski definition) is 1. The molecule has 0 aromatic carbocycles. The third-order valence-electron chi connectivity index (χ3n) is 4.73. The summed E-state index contributed by atoms with van der Waals surface area (Å²) >= 11 is 0. The van der Waals surface area contributed by atoms with Crippen molar-refractivity contribution in [3.63, 3.8) is 0 Å². The Labute approximate surface area is 120 Å². The second kappa shape index (κ2) is 7.05. The van der Waals surface area contributed by atoms with Crippen LogP contribution in [0.2, 0.25) is 0 Å². The molecule has 114 valence electrons. The molecular weight excluding hydrogens is 236 g/mol. The van der Waals surface area contributed by atoms with E-state index in [0.29, 0.717) is 11.5 Å². The van der Waals surface area contributed by atoms with Crippen LogP contribution in [-0.2, 0) is 4.74 Å². The van der Waals surface area contributed by atoms with Crippen LogP contribution >= 0.6 is 0 Å². The van der Waals surface area contributed by atoms with Gasteiger partial charge in [-0.1, -0.05) is 20.8 Å². The molecule has 0 bridgehead atoms. The zero-order valence-electron chi connectivity index (χ0n) is 13.9. The first-order valence-electron chi connectivity index (χ1n) is 7.84. The largest absolute Gasteiger partial charge is 0.377 e. The number of hydrogen-bond acceptors (Lipinski definition) is 3. The summed E-state index contributed by atoms with van der Waals surface area (Å²) in [5, 5.41) is 3.64. The second-order valence-electron chi connectivity index (χ2n) is 7.13. The molecule has 1 aliphatic heterocycles. The summed E-state index contributed by atoms with van der Waals surface area (Å²) in [6, 6.07) is 0.545. The van der Waals surface area contributed by atoms with Gasteiger partial charge in [0.1, 0.15) is 0 Å². The monoisotopic (exact) mass is 270 g/mol. The lowest BCUT2D eigenvalue weighted by Gasteiger charge is -2.44. The first-order chi connectivity index (χ1) is 8.83. The second-order valence-corrected chi connectivity index (χ2v) is 7.13. The van der Waals surface area contributed by atoms with Crippen LogP contribution in [0.5, 0.6) is 0 Å². The zero-order valence-corrected chi connectivity index (χ0v) is 13.9. The summed E-state index contributed by atoms with van der Waals surface area (Å²) in [5.74, 6) is 0. The predicted octanol–water partition coefficient (Wildman–Crippen LogP) is 2.90. The van der Waals surface area contributed by atoms with E-state index < -0.39 is 0 Å². The molecule has 2 unspecified atom stereocenters. The van der Waals surface area contributed by atoms with Gasteiger partial charge in [0.15, 0.2) is 0 Å². The first kappa shape index (κ1) is 16.9. The highest BCUT2D eigenvalue weighted by Crippen LogP contribution is 2.28. The molecule has 1 aliphatic rings. The van der Waals surface area contributed by atoms with E-state index >= 15 is 0 Å². The van der Waals surface area contributed by atoms with Gasteiger partial charge in [-0.3, -0.25) is 4.90 Å². The lowest BCUT2D eigenvalue weighted by atomic mass is 9.83. The minimum Gasteiger partial charge on any atom is -0.377 e. The van der Waals surface area contributed by atoms with E-state index in [2.05, 4.69) is 44.8 Å². The van der Waals surface area contributed by atoms with Crippen molar-refractivity contribution in [2.45, 2.75) is 65.5 Å². The summed E-state index contributed by atoms with van der Waals surface area (Å²) in [4.78, 5) is 2.58. The summed E-state index contributed by atoms with van der Waals surface area (Å²) in [6.45, 7) is 16.1. The molecule has 0 radical (unpaired) electrons. The quantitative estimate of drug-likeness (QED) is 0.770. The number of likely N-dealkylation sites (tertiary alicyclic amines) is 1. The summed E-state index contributed by atoms with van der Waals surface area (Å²) in [5.41, 5.74) is 0.343. The van der Waals surface area contributed by atoms with E-state index in [0.717, 1.165) is 19.6 Å². The van der Waals surface area contributed by atoms with Crippen molar-refractivity contribution >= 4 is 0 Å². The predicted molar refractivity (Wildman–Crippen MR) is 82.6 cm³/mol. The van der Waals surface area contributed by atoms with E-state index in [4.69, 9.17) is 4.74 Å². The molecule has 2 atom stereocenters. The molecule has 0 amide bonds. The highest BCUT2D eigenvalue weighted by atomic mass is 16.5. The summed E-state index contributed by atoms with van der Waals surface area (Å²) in [7, 11) is 1.85. The highest BCUT2D eigenvalue weighted by molar-refractivity contribution is 4.90. The van der Waals surface area contributed by atoms with Crippen molar-refractivity contribution in [2.24, 2.45) is 5.41 Å². The smallest absolute Gasteiger partial charge is 0.0777 e. The zero-order chi connectivity index (χ0) is 14.5. The molecule has 1 N–H and O–H groups in total. The maximum Gasteiger partial charge on any atom is 0.0777 e. The third-order valence-corrected chi connectivity index (χ3v) is 4.73. The van der Waals surface area contributed by atoms with Crippen LogP contribution in [0.15, 0.2) is 0 Å². The van der Waals surface area contributed by atoms with Crippen LogP contribution in [0, 0.1) is 5.41 Å². The van der Waals surface area contributed by atoms with Crippen LogP contribution in [0.3, 0.4) is 0 Å². The molecule has 0 aromatic rings. The number of ether oxygens (including phenoxy) is 1. The molecule has 1 rings (SSSR count). The molecule has 0 spiro atoms. The molecule has 19 heavy (non-hydrogen) atoms. The van der Waals surface area contributed by atoms with Crippen molar-refractivity contribution < 1.29 is 4.74 Å². The van der Waals surface area contributed by atoms with Crippen molar-refractivity contribution in [3.8, 4) is 0 Å². The Morgan fingerprint density at radius 3 is 2.68 bits per heavy atom. The molecule has 3 heteroatoms. The van der Waals surface area contributed by atoms with Crippen molar-refractivity contribution in [1.29, 1.82) is 0 Å². The van der Waals surface area contributed by atoms with Crippen molar-refractivity contribution in [3.05, 3.63) is 0 Å². The molecule has 0 saturated carbocycles. The van der Waals surface area contributed by atoms with E-state index in [1.165, 1.54) is 25.8 Å². The Morgan fingerprint density at radius 1 is 1.42 bits per heavy atom. The average Bonchev–Trinajstić information content (AvgIpc) is 2.35. The SMILES string of the molecule is CCCNC(C)C(C)(C)CN1CCCC(C)(OC)C1. The van der Waals surface area contributed by atoms with Crippen LogP contribution < -0.4 is 5.32 Å². The van der Waals surface area contributed by atoms with Gasteiger partial charge in [0.2, 0.25) is 0 Å². The van der Waals surface area contributed by atoms with Gasteiger partial charge in [-0.25, -0.2) is 0 Å². The molecule has 1 fully saturated rings. The number of nitrogens with zero attached hydrogens (tertiary/aromatic N) is 1. The number of piperidine rings is 1. The Morgan fingerprint density at radius 2 is 2.11 bits per heavy atom. The standard InChI is InChI=1S/C16H34N2O/c1-7-10-17-14(2)15(3,4)12-18-11-8-9-16(5,13-18)19-6/h14,17H,7-13H2,1-6H3. The maximum absolute atomic E-state index is 5.69. The summed E-state index contributed by atoms with van der Waals surface area (Å²) < 4.78 is 5.69. The topological polar surface area (TPSA) is 24.5 Å². The Bertz CT molecular complexity index is 267. The minimum absolute atomic E-state index is 0.0500. The molecule has 0 aromatic heterocycles. The maximum atomic E-state index is 5.69. The summed E-state index contributed by atoms with van der Waals surface area (Å²) in [6.07, 6.45) is 3.63. The number of rotatable bonds is 7. The van der Waals surface area contributed by atoms with Crippen LogP contribution in [0.4, 0.5) is 0 Å². The molecular formula is C16H34N2O. The first-order valence-corrected chi connectivity index (χ1v) is 7.84. The van der Waals surface area contributed by atoms with E-state index in [-0.39, 0.29) is 5.60 Å². The molecule has 3 nitrogen and oxygen atoms in total. The minimum atomic E-state index is 0.0500. The highest BCUT2D eigenvalue weighted by Gasteiger charge is 2.35. The van der Waals surface area contributed by atoms with Crippen molar-refractivity contribution in [1.82, 2.24) is 10.2 Å². The molecule has 1 saturated heterocycles. The van der Waals surface area contributed by atoms with Crippen LogP contribution in [0.25, 0.3) is 0 Å². The van der Waals surface area contributed by atoms with Crippen LogP contribution in [0.1, 0.15) is 53.9 Å². The fourth-order valence-corrected chi connectivity index (χ4v) is 2.96. The van der Waals surface area contributed by atoms with Crippen LogP contribution in [-0.4, -0.2) is 49.8 Å². The normalized spacial score (nSPS) is 27.5. The Kier molecular flexibility index (Phi) is 6.28. The molecule has 0 aliphatic carbocycles. The molecule has 1 heterocycles. The van der Waals surface area contributed by atoms with E-state index in [9.17, 15) is 0 Å². The Balaban J connectivity index is 2.52. The number of methoxy groups -OCH3 is 1. The van der Waals surface area contributed by atoms with E-state index in [1.807, 2.05) is 7.11 Å². The van der Waals surface area contributed by atoms with Crippen molar-refractivity contribution in [2.75, 3.05) is 33.3 Å². The van der Waals surface area contributed by atoms with Gasteiger partial charge in [0.25, 0.3) is 0 Å². The van der Waals surface area contributed by atoms with E-state index in [1.54, 1.807) is 0 Å². The average molecular weight is 270 g/mol. The van der Waals surface area contributed by atoms with Gasteiger partial charge in [-0.05, 0) is 51.6 Å². The third kappa shape index (κ3) is 5.05. The van der Waals surface area contributed by atoms with Gasteiger partial charge >= 0.3 is 0 Å².